The molecule has 0 spiro atoms. The topological polar surface area (TPSA) is 169 Å². The van der Waals surface area contributed by atoms with Crippen molar-refractivity contribution < 1.29 is 47.8 Å². The minimum Gasteiger partial charge on any atom is -0.480 e. The number of esters is 1. The number of hydrogen-bond acceptors (Lipinski definition) is 8. The molecule has 0 heterocycles. The fourth-order valence-corrected chi connectivity index (χ4v) is 6.81. The number of ether oxygens (including phenoxy) is 1. The molecule has 0 aliphatic heterocycles. The van der Waals surface area contributed by atoms with Crippen LogP contribution in [0.3, 0.4) is 0 Å². The summed E-state index contributed by atoms with van der Waals surface area (Å²) in [6.07, 6.45) is 41.7. The van der Waals surface area contributed by atoms with Crippen molar-refractivity contribution in [1.82, 2.24) is 5.32 Å². The summed E-state index contributed by atoms with van der Waals surface area (Å²) in [7, 11) is -4.76. The number of carboxylic acid groups (broad SMARTS) is 1. The molecular weight excluding hydrogens is 733 g/mol. The predicted molar refractivity (Wildman–Crippen MR) is 226 cm³/mol. The first kappa shape index (κ1) is 53.7. The fourth-order valence-electron chi connectivity index (χ4n) is 6.04. The highest BCUT2D eigenvalue weighted by Gasteiger charge is 2.28. The van der Waals surface area contributed by atoms with E-state index in [-0.39, 0.29) is 12.8 Å². The number of rotatable bonds is 41. The summed E-state index contributed by atoms with van der Waals surface area (Å²) in [5, 5.41) is 21.8. The molecule has 0 aliphatic rings. The van der Waals surface area contributed by atoms with Crippen LogP contribution < -0.4 is 5.32 Å². The second-order valence-electron chi connectivity index (χ2n) is 14.9. The van der Waals surface area contributed by atoms with Gasteiger partial charge in [0.1, 0.15) is 12.7 Å². The quantitative estimate of drug-likeness (QED) is 0.0202. The van der Waals surface area contributed by atoms with Crippen LogP contribution in [0.5, 0.6) is 0 Å². The largest absolute Gasteiger partial charge is 0.480 e. The number of carbonyl (C=O) groups excluding carboxylic acids is 2. The molecule has 0 aromatic rings. The lowest BCUT2D eigenvalue weighted by Gasteiger charge is -2.18. The Hall–Kier alpha value is -2.30. The zero-order valence-electron chi connectivity index (χ0n) is 35.2. The molecule has 0 aliphatic carbocycles. The maximum atomic E-state index is 12.3. The molecule has 0 aromatic heterocycles. The summed E-state index contributed by atoms with van der Waals surface area (Å²) in [4.78, 5) is 45.9. The van der Waals surface area contributed by atoms with Crippen molar-refractivity contribution in [2.75, 3.05) is 19.8 Å². The van der Waals surface area contributed by atoms with Gasteiger partial charge in [-0.3, -0.25) is 18.6 Å². The lowest BCUT2D eigenvalue weighted by molar-refractivity contribution is -0.147. The molecule has 0 rings (SSSR count). The molecular formula is C44H80NO10P. The molecule has 12 heteroatoms. The van der Waals surface area contributed by atoms with Crippen LogP contribution in [0, 0.1) is 0 Å². The average Bonchev–Trinajstić information content (AvgIpc) is 3.17. The Labute approximate surface area is 340 Å². The molecule has 0 radical (unpaired) electrons. The number of phosphoric ester groups is 1. The lowest BCUT2D eigenvalue weighted by Crippen LogP contribution is -2.43. The van der Waals surface area contributed by atoms with Crippen molar-refractivity contribution in [1.29, 1.82) is 0 Å². The monoisotopic (exact) mass is 814 g/mol. The van der Waals surface area contributed by atoms with E-state index in [1.807, 2.05) is 0 Å². The van der Waals surface area contributed by atoms with Crippen molar-refractivity contribution in [3.05, 3.63) is 36.5 Å². The molecule has 0 bridgehead atoms. The highest BCUT2D eigenvalue weighted by atomic mass is 31.2. The second-order valence-corrected chi connectivity index (χ2v) is 16.3. The number of carboxylic acids is 1. The van der Waals surface area contributed by atoms with Gasteiger partial charge in [0.2, 0.25) is 5.91 Å². The van der Waals surface area contributed by atoms with E-state index < -0.39 is 57.6 Å². The van der Waals surface area contributed by atoms with Gasteiger partial charge in [0, 0.05) is 12.8 Å². The normalized spacial score (nSPS) is 14.1. The van der Waals surface area contributed by atoms with Gasteiger partial charge in [-0.15, -0.1) is 0 Å². The predicted octanol–water partition coefficient (Wildman–Crippen LogP) is 11.2. The molecule has 0 saturated heterocycles. The van der Waals surface area contributed by atoms with Gasteiger partial charge in [-0.2, -0.15) is 0 Å². The third-order valence-electron chi connectivity index (χ3n) is 9.44. The zero-order chi connectivity index (χ0) is 41.4. The van der Waals surface area contributed by atoms with E-state index in [1.165, 1.54) is 83.5 Å². The van der Waals surface area contributed by atoms with Gasteiger partial charge in [-0.25, -0.2) is 9.36 Å². The van der Waals surface area contributed by atoms with E-state index in [0.29, 0.717) is 12.8 Å². The van der Waals surface area contributed by atoms with Crippen molar-refractivity contribution >= 4 is 25.7 Å². The first-order valence-corrected chi connectivity index (χ1v) is 23.5. The van der Waals surface area contributed by atoms with Crippen LogP contribution in [-0.4, -0.2) is 64.9 Å². The Kier molecular flexibility index (Phi) is 37.9. The summed E-state index contributed by atoms with van der Waals surface area (Å²) >= 11 is 0. The van der Waals surface area contributed by atoms with Crippen LogP contribution in [0.2, 0.25) is 0 Å². The van der Waals surface area contributed by atoms with Gasteiger partial charge < -0.3 is 25.2 Å². The van der Waals surface area contributed by atoms with Crippen LogP contribution >= 0.6 is 7.82 Å². The molecule has 11 nitrogen and oxygen atoms in total. The SMILES string of the molecule is CC/C=C\C/C=C\C/C=C\CCCCCCCC(=O)NC(COP(=O)(O)OCC(O)COC(=O)CCCCCCCCCCCCCCCCCCC)C(=O)O. The standard InChI is InChI=1S/C44H80NO10P/c1-3-5-7-9-11-13-15-17-19-20-22-24-26-28-30-32-34-36-43(48)53-37-40(46)38-54-56(51,52)55-39-41(44(49)50)45-42(47)35-33-31-29-27-25-23-21-18-16-14-12-10-8-6-4-2/h6,8,12,14,18,21,40-41,46H,3-5,7,9-11,13,15-17,19-20,22-39H2,1-2H3,(H,45,47)(H,49,50)(H,51,52)/b8-6-,14-12-,21-18-. The molecule has 3 atom stereocenters. The van der Waals surface area contributed by atoms with Crippen LogP contribution in [0.1, 0.15) is 194 Å². The molecule has 0 fully saturated rings. The third-order valence-corrected chi connectivity index (χ3v) is 10.4. The van der Waals surface area contributed by atoms with E-state index in [9.17, 15) is 34.1 Å². The number of aliphatic hydroxyl groups is 1. The van der Waals surface area contributed by atoms with Crippen molar-refractivity contribution in [3.8, 4) is 0 Å². The van der Waals surface area contributed by atoms with Crippen LogP contribution in [0.25, 0.3) is 0 Å². The van der Waals surface area contributed by atoms with Crippen LogP contribution in [-0.2, 0) is 32.7 Å². The summed E-state index contributed by atoms with van der Waals surface area (Å²) < 4.78 is 26.8. The Morgan fingerprint density at radius 1 is 0.589 bits per heavy atom. The van der Waals surface area contributed by atoms with Crippen LogP contribution in [0.4, 0.5) is 0 Å². The van der Waals surface area contributed by atoms with Gasteiger partial charge in [0.15, 0.2) is 6.04 Å². The van der Waals surface area contributed by atoms with E-state index >= 15 is 0 Å². The number of unbranched alkanes of at least 4 members (excludes halogenated alkanes) is 21. The summed E-state index contributed by atoms with van der Waals surface area (Å²) in [6.45, 7) is 2.48. The van der Waals surface area contributed by atoms with Crippen molar-refractivity contribution in [2.45, 2.75) is 206 Å². The zero-order valence-corrected chi connectivity index (χ0v) is 36.1. The number of allylic oxidation sites excluding steroid dienone is 6. The summed E-state index contributed by atoms with van der Waals surface area (Å²) in [5.41, 5.74) is 0. The summed E-state index contributed by atoms with van der Waals surface area (Å²) in [5.74, 6) is -2.39. The number of aliphatic carboxylic acids is 1. The van der Waals surface area contributed by atoms with Crippen molar-refractivity contribution in [2.24, 2.45) is 0 Å². The van der Waals surface area contributed by atoms with Gasteiger partial charge in [-0.05, 0) is 44.9 Å². The Morgan fingerprint density at radius 2 is 1.04 bits per heavy atom. The Morgan fingerprint density at radius 3 is 1.55 bits per heavy atom. The highest BCUT2D eigenvalue weighted by molar-refractivity contribution is 7.47. The van der Waals surface area contributed by atoms with E-state index in [2.05, 4.69) is 55.6 Å². The first-order valence-electron chi connectivity index (χ1n) is 22.0. The highest BCUT2D eigenvalue weighted by Crippen LogP contribution is 2.43. The maximum Gasteiger partial charge on any atom is 0.472 e. The van der Waals surface area contributed by atoms with Gasteiger partial charge >= 0.3 is 19.8 Å². The van der Waals surface area contributed by atoms with E-state index in [1.54, 1.807) is 0 Å². The molecule has 1 amide bonds. The molecule has 56 heavy (non-hydrogen) atoms. The summed E-state index contributed by atoms with van der Waals surface area (Å²) in [6, 6.07) is -1.55. The number of hydrogen-bond donors (Lipinski definition) is 4. The number of amides is 1. The number of nitrogens with one attached hydrogen (secondary N) is 1. The minimum atomic E-state index is -4.76. The van der Waals surface area contributed by atoms with Gasteiger partial charge in [0.25, 0.3) is 0 Å². The first-order chi connectivity index (χ1) is 27.1. The van der Waals surface area contributed by atoms with Gasteiger partial charge in [-0.1, -0.05) is 172 Å². The van der Waals surface area contributed by atoms with Crippen LogP contribution in [0.15, 0.2) is 36.5 Å². The number of aliphatic hydroxyl groups excluding tert-OH is 1. The van der Waals surface area contributed by atoms with E-state index in [0.717, 1.165) is 70.6 Å². The third kappa shape index (κ3) is 38.6. The lowest BCUT2D eigenvalue weighted by atomic mass is 10.0. The molecule has 326 valence electrons. The Bertz CT molecular complexity index is 1100. The van der Waals surface area contributed by atoms with Crippen molar-refractivity contribution in [3.63, 3.8) is 0 Å². The number of phosphoric acid groups is 1. The second kappa shape index (κ2) is 39.5. The molecule has 0 saturated carbocycles. The number of carbonyl (C=O) groups is 3. The molecule has 0 aromatic carbocycles. The maximum absolute atomic E-state index is 12.3. The smallest absolute Gasteiger partial charge is 0.472 e. The molecule has 4 N–H and O–H groups in total. The average molecular weight is 814 g/mol. The Balaban J connectivity index is 3.90. The van der Waals surface area contributed by atoms with E-state index in [4.69, 9.17) is 13.8 Å². The molecule has 3 unspecified atom stereocenters. The fraction of sp³-hybridized carbons (Fsp3) is 0.795. The van der Waals surface area contributed by atoms with Gasteiger partial charge in [0.05, 0.1) is 13.2 Å². The minimum absolute atomic E-state index is 0.126.